The largest absolute Gasteiger partial charge is 0.481 e. The number of nitrogens with zero attached hydrogens (tertiary/aromatic N) is 5. The molecular formula is C30H29FN6O5S. The number of hydrogen-bond acceptors (Lipinski definition) is 8. The molecule has 43 heavy (non-hydrogen) atoms. The number of aliphatic carboxylic acids is 1. The van der Waals surface area contributed by atoms with E-state index in [4.69, 9.17) is 9.72 Å². The number of carboxylic acid groups (broad SMARTS) is 1. The molecule has 2 N–H and O–H groups in total. The van der Waals surface area contributed by atoms with Crippen molar-refractivity contribution in [2.45, 2.75) is 43.5 Å². The highest BCUT2D eigenvalue weighted by molar-refractivity contribution is 7.90. The minimum Gasteiger partial charge on any atom is -0.481 e. The van der Waals surface area contributed by atoms with E-state index in [2.05, 4.69) is 15.4 Å². The van der Waals surface area contributed by atoms with Crippen LogP contribution in [0.1, 0.15) is 31.2 Å². The third-order valence-corrected chi connectivity index (χ3v) is 10.6. The number of aryl methyl sites for hydroxylation is 1. The summed E-state index contributed by atoms with van der Waals surface area (Å²) in [5.41, 5.74) is 1.71. The summed E-state index contributed by atoms with van der Waals surface area (Å²) in [5, 5.41) is 18.4. The lowest BCUT2D eigenvalue weighted by atomic mass is 9.61. The molecule has 0 aliphatic heterocycles. The molecule has 1 aromatic carbocycles. The fraction of sp³-hybridized carbons (Fsp3) is 0.333. The summed E-state index contributed by atoms with van der Waals surface area (Å²) in [6, 6.07) is 10.7. The summed E-state index contributed by atoms with van der Waals surface area (Å²) in [4.78, 5) is 21.3. The molecule has 11 nitrogen and oxygen atoms in total. The summed E-state index contributed by atoms with van der Waals surface area (Å²) in [5.74, 6) is -0.948. The lowest BCUT2D eigenvalue weighted by Crippen LogP contribution is -2.51. The van der Waals surface area contributed by atoms with Crippen LogP contribution in [-0.2, 0) is 14.8 Å². The number of anilines is 1. The molecule has 0 unspecified atom stereocenters. The average Bonchev–Trinajstić information content (AvgIpc) is 3.59. The predicted molar refractivity (Wildman–Crippen MR) is 156 cm³/mol. The van der Waals surface area contributed by atoms with Crippen LogP contribution < -0.4 is 10.1 Å². The van der Waals surface area contributed by atoms with Gasteiger partial charge in [-0.15, -0.1) is 5.10 Å². The summed E-state index contributed by atoms with van der Waals surface area (Å²) >= 11 is 0. The van der Waals surface area contributed by atoms with E-state index in [-0.39, 0.29) is 45.2 Å². The van der Waals surface area contributed by atoms with Gasteiger partial charge in [-0.2, -0.15) is 4.52 Å². The minimum atomic E-state index is -4.12. The minimum absolute atomic E-state index is 0.0187. The van der Waals surface area contributed by atoms with Crippen molar-refractivity contribution in [3.63, 3.8) is 0 Å². The molecule has 4 aromatic heterocycles. The highest BCUT2D eigenvalue weighted by Gasteiger charge is 2.47. The molecular weight excluding hydrogens is 575 g/mol. The number of carbonyl (C=O) groups is 1. The Kier molecular flexibility index (Phi) is 6.38. The zero-order valence-electron chi connectivity index (χ0n) is 23.4. The topological polar surface area (TPSA) is 141 Å². The number of hydrogen-bond donors (Lipinski definition) is 2. The standard InChI is InChI=1S/C30H29FN6O5S/c1-16-3-9-20(10-4-16)43(40,41)36-15-22(21-13-19(31)14-32-29(21)36)27-34-28(23-11-12-24(42-2)37(23)35-27)33-26-18-7-5-17(6-8-18)25(26)30(38)39/h3-4,9-15,17-18,25-26H,5-8H2,1-2H3,(H,38,39)(H,33,34,35)/t17?,18?,25-,26-/m0/s1. The number of ether oxygens (including phenoxy) is 1. The van der Waals surface area contributed by atoms with Crippen molar-refractivity contribution in [3.8, 4) is 17.3 Å². The maximum atomic E-state index is 14.6. The molecule has 4 heterocycles. The van der Waals surface area contributed by atoms with Crippen molar-refractivity contribution in [1.82, 2.24) is 23.6 Å². The zero-order chi connectivity index (χ0) is 30.0. The van der Waals surface area contributed by atoms with Crippen LogP contribution in [0.5, 0.6) is 5.88 Å². The molecule has 0 spiro atoms. The van der Waals surface area contributed by atoms with E-state index in [1.54, 1.807) is 24.3 Å². The highest BCUT2D eigenvalue weighted by atomic mass is 32.2. The number of nitrogens with one attached hydrogen (secondary N) is 1. The van der Waals surface area contributed by atoms with Gasteiger partial charge >= 0.3 is 5.97 Å². The number of benzene rings is 1. The Morgan fingerprint density at radius 2 is 1.81 bits per heavy atom. The van der Waals surface area contributed by atoms with Crippen LogP contribution in [0.3, 0.4) is 0 Å². The lowest BCUT2D eigenvalue weighted by molar-refractivity contribution is -0.148. The van der Waals surface area contributed by atoms with Crippen LogP contribution in [0.4, 0.5) is 10.2 Å². The van der Waals surface area contributed by atoms with Crippen LogP contribution in [0.25, 0.3) is 27.9 Å². The van der Waals surface area contributed by atoms with Gasteiger partial charge in [-0.25, -0.2) is 26.7 Å². The van der Waals surface area contributed by atoms with Crippen molar-refractivity contribution in [3.05, 3.63) is 66.2 Å². The van der Waals surface area contributed by atoms with E-state index in [9.17, 15) is 22.7 Å². The summed E-state index contributed by atoms with van der Waals surface area (Å²) in [6.45, 7) is 1.86. The molecule has 3 aliphatic carbocycles. The van der Waals surface area contributed by atoms with Gasteiger partial charge in [0.1, 0.15) is 11.3 Å². The first-order chi connectivity index (χ1) is 20.7. The Morgan fingerprint density at radius 1 is 1.09 bits per heavy atom. The van der Waals surface area contributed by atoms with Crippen LogP contribution >= 0.6 is 0 Å². The molecule has 3 fully saturated rings. The van der Waals surface area contributed by atoms with E-state index in [1.165, 1.54) is 36.0 Å². The second kappa shape index (κ2) is 10.0. The van der Waals surface area contributed by atoms with Crippen molar-refractivity contribution in [2.75, 3.05) is 12.4 Å². The van der Waals surface area contributed by atoms with Gasteiger partial charge in [-0.05, 0) is 68.7 Å². The van der Waals surface area contributed by atoms with Gasteiger partial charge in [0, 0.05) is 29.3 Å². The van der Waals surface area contributed by atoms with Gasteiger partial charge < -0.3 is 15.2 Å². The van der Waals surface area contributed by atoms with E-state index in [0.717, 1.165) is 41.4 Å². The van der Waals surface area contributed by atoms with E-state index in [0.29, 0.717) is 17.2 Å². The van der Waals surface area contributed by atoms with Crippen LogP contribution in [0.2, 0.25) is 0 Å². The average molecular weight is 605 g/mol. The number of rotatable bonds is 7. The Morgan fingerprint density at radius 3 is 2.51 bits per heavy atom. The molecule has 3 aliphatic rings. The second-order valence-corrected chi connectivity index (χ2v) is 13.2. The first-order valence-corrected chi connectivity index (χ1v) is 15.5. The van der Waals surface area contributed by atoms with E-state index >= 15 is 0 Å². The van der Waals surface area contributed by atoms with Gasteiger partial charge in [-0.3, -0.25) is 4.79 Å². The van der Waals surface area contributed by atoms with Crippen molar-refractivity contribution < 1.29 is 27.4 Å². The third-order valence-electron chi connectivity index (χ3n) is 8.89. The maximum Gasteiger partial charge on any atom is 0.308 e. The van der Waals surface area contributed by atoms with Crippen molar-refractivity contribution in [2.24, 2.45) is 17.8 Å². The zero-order valence-corrected chi connectivity index (χ0v) is 24.3. The monoisotopic (exact) mass is 604 g/mol. The number of pyridine rings is 1. The first-order valence-electron chi connectivity index (χ1n) is 14.1. The number of halogens is 1. The van der Waals surface area contributed by atoms with Crippen LogP contribution in [0.15, 0.2) is 59.8 Å². The number of carboxylic acids is 1. The molecule has 0 saturated heterocycles. The van der Waals surface area contributed by atoms with E-state index < -0.39 is 27.7 Å². The Bertz CT molecular complexity index is 2000. The van der Waals surface area contributed by atoms with Gasteiger partial charge in [-0.1, -0.05) is 17.7 Å². The molecule has 8 rings (SSSR count). The Balaban J connectivity index is 1.41. The van der Waals surface area contributed by atoms with Crippen LogP contribution in [0, 0.1) is 30.5 Å². The number of aromatic nitrogens is 5. The molecule has 5 aromatic rings. The maximum absolute atomic E-state index is 14.6. The van der Waals surface area contributed by atoms with Gasteiger partial charge in [0.05, 0.1) is 24.1 Å². The predicted octanol–water partition coefficient (Wildman–Crippen LogP) is 4.74. The van der Waals surface area contributed by atoms with Gasteiger partial charge in [0.15, 0.2) is 17.3 Å². The fourth-order valence-electron chi connectivity index (χ4n) is 6.76. The SMILES string of the molecule is COc1ccc2c(N[C@H]3C4CCC(CC4)[C@@H]3C(=O)O)nc(-c3cn(S(=O)(=O)c4ccc(C)cc4)c4ncc(F)cc34)nn12. The second-order valence-electron chi connectivity index (χ2n) is 11.3. The molecule has 0 radical (unpaired) electrons. The quantitative estimate of drug-likeness (QED) is 0.269. The van der Waals surface area contributed by atoms with Crippen LogP contribution in [-0.4, -0.2) is 56.2 Å². The first kappa shape index (κ1) is 27.3. The number of fused-ring (bicyclic) bond motifs is 5. The molecule has 222 valence electrons. The normalized spacial score (nSPS) is 21.8. The van der Waals surface area contributed by atoms with Gasteiger partial charge in [0.2, 0.25) is 5.88 Å². The molecule has 0 amide bonds. The fourth-order valence-corrected chi connectivity index (χ4v) is 8.08. The number of methoxy groups -OCH3 is 1. The van der Waals surface area contributed by atoms with E-state index in [1.807, 2.05) is 6.92 Å². The Labute approximate surface area is 246 Å². The lowest BCUT2D eigenvalue weighted by Gasteiger charge is -2.47. The van der Waals surface area contributed by atoms with Crippen molar-refractivity contribution in [1.29, 1.82) is 0 Å². The molecule has 13 heteroatoms. The highest BCUT2D eigenvalue weighted by Crippen LogP contribution is 2.46. The molecule has 2 atom stereocenters. The third kappa shape index (κ3) is 4.41. The van der Waals surface area contributed by atoms with Gasteiger partial charge in [0.25, 0.3) is 10.0 Å². The summed E-state index contributed by atoms with van der Waals surface area (Å²) in [6.07, 6.45) is 5.94. The summed E-state index contributed by atoms with van der Waals surface area (Å²) < 4.78 is 50.1. The molecule has 2 bridgehead atoms. The Hall–Kier alpha value is -4.52. The van der Waals surface area contributed by atoms with Crippen molar-refractivity contribution >= 4 is 38.4 Å². The smallest absolute Gasteiger partial charge is 0.308 e. The summed E-state index contributed by atoms with van der Waals surface area (Å²) in [7, 11) is -2.62. The molecule has 3 saturated carbocycles.